The number of benzene rings is 1. The number of likely N-dealkylation sites (N-methyl/N-ethyl adjacent to an activating group) is 2. The highest BCUT2D eigenvalue weighted by Crippen LogP contribution is 2.15. The molecule has 21 heavy (non-hydrogen) atoms. The van der Waals surface area contributed by atoms with E-state index in [2.05, 4.69) is 0 Å². The molecular formula is C16H25N3O2. The first-order chi connectivity index (χ1) is 9.95. The molecule has 5 nitrogen and oxygen atoms in total. The van der Waals surface area contributed by atoms with E-state index in [9.17, 15) is 9.59 Å². The van der Waals surface area contributed by atoms with Crippen molar-refractivity contribution in [1.29, 1.82) is 0 Å². The Morgan fingerprint density at radius 2 is 1.76 bits per heavy atom. The zero-order valence-electron chi connectivity index (χ0n) is 13.1. The Morgan fingerprint density at radius 1 is 1.14 bits per heavy atom. The Balaban J connectivity index is 2.49. The summed E-state index contributed by atoms with van der Waals surface area (Å²) in [5.41, 5.74) is 7.11. The maximum absolute atomic E-state index is 12.2. The summed E-state index contributed by atoms with van der Waals surface area (Å²) < 4.78 is 0. The van der Waals surface area contributed by atoms with Crippen molar-refractivity contribution in [1.82, 2.24) is 9.80 Å². The van der Waals surface area contributed by atoms with Crippen LogP contribution in [0.25, 0.3) is 0 Å². The lowest BCUT2D eigenvalue weighted by atomic mass is 10.0. The molecular weight excluding hydrogens is 266 g/mol. The fourth-order valence-electron chi connectivity index (χ4n) is 1.99. The van der Waals surface area contributed by atoms with Crippen LogP contribution in [0.4, 0.5) is 0 Å². The average molecular weight is 291 g/mol. The monoisotopic (exact) mass is 291 g/mol. The van der Waals surface area contributed by atoms with Gasteiger partial charge in [0.15, 0.2) is 0 Å². The normalized spacial score (nSPS) is 11.8. The third kappa shape index (κ3) is 5.55. The van der Waals surface area contributed by atoms with Gasteiger partial charge in [0.1, 0.15) is 0 Å². The van der Waals surface area contributed by atoms with Crippen molar-refractivity contribution < 1.29 is 9.59 Å². The van der Waals surface area contributed by atoms with E-state index in [-0.39, 0.29) is 24.4 Å². The van der Waals surface area contributed by atoms with Gasteiger partial charge >= 0.3 is 0 Å². The van der Waals surface area contributed by atoms with E-state index < -0.39 is 0 Å². The number of rotatable bonds is 7. The lowest BCUT2D eigenvalue weighted by Crippen LogP contribution is -2.40. The fourth-order valence-corrected chi connectivity index (χ4v) is 1.99. The minimum Gasteiger partial charge on any atom is -0.347 e. The van der Waals surface area contributed by atoms with Crippen molar-refractivity contribution in [3.63, 3.8) is 0 Å². The van der Waals surface area contributed by atoms with Gasteiger partial charge in [-0.25, -0.2) is 0 Å². The van der Waals surface area contributed by atoms with Gasteiger partial charge in [0.2, 0.25) is 11.8 Å². The zero-order valence-corrected chi connectivity index (χ0v) is 13.1. The molecule has 1 rings (SSSR count). The van der Waals surface area contributed by atoms with E-state index >= 15 is 0 Å². The summed E-state index contributed by atoms with van der Waals surface area (Å²) in [7, 11) is 3.37. The minimum absolute atomic E-state index is 0.0286. The summed E-state index contributed by atoms with van der Waals surface area (Å²) >= 11 is 0. The Morgan fingerprint density at radius 3 is 2.29 bits per heavy atom. The van der Waals surface area contributed by atoms with Gasteiger partial charge in [0.05, 0.1) is 6.54 Å². The van der Waals surface area contributed by atoms with Crippen LogP contribution in [0, 0.1) is 0 Å². The number of carbonyl (C=O) groups is 2. The summed E-state index contributed by atoms with van der Waals surface area (Å²) in [6.45, 7) is 2.53. The van der Waals surface area contributed by atoms with Crippen molar-refractivity contribution in [3.05, 3.63) is 35.9 Å². The molecule has 0 aliphatic heterocycles. The molecule has 0 fully saturated rings. The standard InChI is InChI=1S/C16H25N3O2/c1-4-19(12-16(21)18(2)3)15(20)11-10-14(17)13-8-6-5-7-9-13/h5-9,14H,4,10-12,17H2,1-3H3. The first-order valence-electron chi connectivity index (χ1n) is 7.24. The number of nitrogens with zero attached hydrogens (tertiary/aromatic N) is 2. The Labute approximate surface area is 126 Å². The van der Waals surface area contributed by atoms with Gasteiger partial charge in [0.25, 0.3) is 0 Å². The smallest absolute Gasteiger partial charge is 0.241 e. The molecule has 2 amide bonds. The molecule has 5 heteroatoms. The summed E-state index contributed by atoms with van der Waals surface area (Å²) in [6.07, 6.45) is 0.931. The number of hydrogen-bond acceptors (Lipinski definition) is 3. The summed E-state index contributed by atoms with van der Waals surface area (Å²) in [6, 6.07) is 9.58. The van der Waals surface area contributed by atoms with Gasteiger partial charge in [-0.15, -0.1) is 0 Å². The minimum atomic E-state index is -0.154. The number of carbonyl (C=O) groups excluding carboxylic acids is 2. The van der Waals surface area contributed by atoms with Gasteiger partial charge in [0, 0.05) is 33.1 Å². The highest BCUT2D eigenvalue weighted by atomic mass is 16.2. The molecule has 1 aromatic rings. The SMILES string of the molecule is CCN(CC(=O)N(C)C)C(=O)CCC(N)c1ccccc1. The molecule has 0 spiro atoms. The quantitative estimate of drug-likeness (QED) is 0.826. The van der Waals surface area contributed by atoms with Crippen LogP contribution in [-0.4, -0.2) is 48.8 Å². The number of nitrogens with two attached hydrogens (primary N) is 1. The third-order valence-electron chi connectivity index (χ3n) is 3.46. The first-order valence-corrected chi connectivity index (χ1v) is 7.24. The molecule has 0 aromatic heterocycles. The molecule has 1 aromatic carbocycles. The van der Waals surface area contributed by atoms with Crippen LogP contribution < -0.4 is 5.73 Å². The van der Waals surface area contributed by atoms with E-state index in [0.29, 0.717) is 19.4 Å². The van der Waals surface area contributed by atoms with Crippen molar-refractivity contribution in [2.24, 2.45) is 5.73 Å². The Bertz CT molecular complexity index is 460. The van der Waals surface area contributed by atoms with Crippen LogP contribution >= 0.6 is 0 Å². The van der Waals surface area contributed by atoms with Gasteiger partial charge in [-0.2, -0.15) is 0 Å². The van der Waals surface area contributed by atoms with Crippen LogP contribution in [0.3, 0.4) is 0 Å². The van der Waals surface area contributed by atoms with E-state index in [0.717, 1.165) is 5.56 Å². The molecule has 0 radical (unpaired) electrons. The van der Waals surface area contributed by atoms with Gasteiger partial charge in [-0.3, -0.25) is 9.59 Å². The van der Waals surface area contributed by atoms with Crippen LogP contribution in [0.1, 0.15) is 31.4 Å². The largest absolute Gasteiger partial charge is 0.347 e. The maximum Gasteiger partial charge on any atom is 0.241 e. The molecule has 0 saturated heterocycles. The topological polar surface area (TPSA) is 66.6 Å². The molecule has 0 heterocycles. The van der Waals surface area contributed by atoms with E-state index in [1.807, 2.05) is 37.3 Å². The summed E-state index contributed by atoms with van der Waals surface area (Å²) in [5.74, 6) is -0.100. The van der Waals surface area contributed by atoms with Crippen LogP contribution in [0.5, 0.6) is 0 Å². The van der Waals surface area contributed by atoms with Crippen molar-refractivity contribution in [3.8, 4) is 0 Å². The van der Waals surface area contributed by atoms with Crippen molar-refractivity contribution in [2.45, 2.75) is 25.8 Å². The predicted octanol–water partition coefficient (Wildman–Crippen LogP) is 1.40. The molecule has 0 aliphatic rings. The second-order valence-corrected chi connectivity index (χ2v) is 5.25. The number of hydrogen-bond donors (Lipinski definition) is 1. The summed E-state index contributed by atoms with van der Waals surface area (Å²) in [5, 5.41) is 0. The van der Waals surface area contributed by atoms with Gasteiger partial charge < -0.3 is 15.5 Å². The van der Waals surface area contributed by atoms with E-state index in [1.54, 1.807) is 19.0 Å². The molecule has 2 N–H and O–H groups in total. The van der Waals surface area contributed by atoms with Crippen LogP contribution in [0.2, 0.25) is 0 Å². The Hall–Kier alpha value is -1.88. The van der Waals surface area contributed by atoms with E-state index in [1.165, 1.54) is 4.90 Å². The molecule has 1 atom stereocenters. The predicted molar refractivity (Wildman–Crippen MR) is 83.6 cm³/mol. The first kappa shape index (κ1) is 17.2. The second kappa shape index (κ2) is 8.42. The van der Waals surface area contributed by atoms with Crippen LogP contribution in [0.15, 0.2) is 30.3 Å². The second-order valence-electron chi connectivity index (χ2n) is 5.25. The zero-order chi connectivity index (χ0) is 15.8. The molecule has 1 unspecified atom stereocenters. The van der Waals surface area contributed by atoms with E-state index in [4.69, 9.17) is 5.73 Å². The fraction of sp³-hybridized carbons (Fsp3) is 0.500. The van der Waals surface area contributed by atoms with Gasteiger partial charge in [-0.1, -0.05) is 30.3 Å². The highest BCUT2D eigenvalue weighted by Gasteiger charge is 2.17. The maximum atomic E-state index is 12.2. The van der Waals surface area contributed by atoms with Crippen molar-refractivity contribution in [2.75, 3.05) is 27.2 Å². The molecule has 116 valence electrons. The summed E-state index contributed by atoms with van der Waals surface area (Å²) in [4.78, 5) is 26.9. The van der Waals surface area contributed by atoms with Gasteiger partial charge in [-0.05, 0) is 18.9 Å². The molecule has 0 saturated carbocycles. The highest BCUT2D eigenvalue weighted by molar-refractivity contribution is 5.84. The lowest BCUT2D eigenvalue weighted by molar-refractivity contribution is -0.139. The Kier molecular flexibility index (Phi) is 6.88. The van der Waals surface area contributed by atoms with Crippen molar-refractivity contribution >= 4 is 11.8 Å². The van der Waals surface area contributed by atoms with Crippen LogP contribution in [-0.2, 0) is 9.59 Å². The lowest BCUT2D eigenvalue weighted by Gasteiger charge is -2.23. The molecule has 0 aliphatic carbocycles. The third-order valence-corrected chi connectivity index (χ3v) is 3.46. The average Bonchev–Trinajstić information content (AvgIpc) is 2.50. The number of amides is 2. The molecule has 0 bridgehead atoms.